The fraction of sp³-hybridized carbons (Fsp3) is 0.480. The summed E-state index contributed by atoms with van der Waals surface area (Å²) in [6.07, 6.45) is 4.29. The highest BCUT2D eigenvalue weighted by Crippen LogP contribution is 2.22. The highest BCUT2D eigenvalue weighted by atomic mass is 19.1. The minimum Gasteiger partial charge on any atom is -0.491 e. The van der Waals surface area contributed by atoms with Crippen LogP contribution in [0.2, 0.25) is 0 Å². The Hall–Kier alpha value is -2.28. The van der Waals surface area contributed by atoms with E-state index in [1.165, 1.54) is 6.07 Å². The third-order valence-corrected chi connectivity index (χ3v) is 5.75. The number of benzene rings is 2. The van der Waals surface area contributed by atoms with Gasteiger partial charge in [-0.1, -0.05) is 30.3 Å². The quantitative estimate of drug-likeness (QED) is 0.440. The minimum atomic E-state index is -0.118. The van der Waals surface area contributed by atoms with Crippen LogP contribution >= 0.6 is 0 Å². The van der Waals surface area contributed by atoms with Gasteiger partial charge in [-0.2, -0.15) is 0 Å². The Kier molecular flexibility index (Phi) is 9.46. The fourth-order valence-electron chi connectivity index (χ4n) is 4.06. The summed E-state index contributed by atoms with van der Waals surface area (Å²) in [5.74, 6) is 1.27. The molecule has 0 spiro atoms. The maximum absolute atomic E-state index is 14.0. The van der Waals surface area contributed by atoms with Crippen LogP contribution in [0.25, 0.3) is 0 Å². The highest BCUT2D eigenvalue weighted by molar-refractivity contribution is 5.52. The third-order valence-electron chi connectivity index (χ3n) is 5.75. The second-order valence-electron chi connectivity index (χ2n) is 8.06. The van der Waals surface area contributed by atoms with Gasteiger partial charge < -0.3 is 14.6 Å². The number of rotatable bonds is 11. The van der Waals surface area contributed by atoms with Crippen LogP contribution in [0.4, 0.5) is 4.39 Å². The molecule has 1 fully saturated rings. The summed E-state index contributed by atoms with van der Waals surface area (Å²) < 4.78 is 27.2. The topological polar surface area (TPSA) is 44.9 Å². The average molecular weight is 430 g/mol. The number of aliphatic hydroxyl groups is 1. The van der Waals surface area contributed by atoms with Crippen molar-refractivity contribution in [2.75, 3.05) is 46.6 Å². The van der Waals surface area contributed by atoms with E-state index < -0.39 is 0 Å². The highest BCUT2D eigenvalue weighted by Gasteiger charge is 2.24. The zero-order chi connectivity index (χ0) is 21.9. The number of piperidine rings is 1. The summed E-state index contributed by atoms with van der Waals surface area (Å²) in [5, 5.41) is 9.08. The van der Waals surface area contributed by atoms with E-state index in [-0.39, 0.29) is 12.4 Å². The lowest BCUT2D eigenvalue weighted by Crippen LogP contribution is -2.36. The molecule has 5 nitrogen and oxygen atoms in total. The van der Waals surface area contributed by atoms with Gasteiger partial charge in [0.1, 0.15) is 31.3 Å². The Morgan fingerprint density at radius 1 is 1.10 bits per heavy atom. The summed E-state index contributed by atoms with van der Waals surface area (Å²) in [6.45, 7) is 5.17. The Labute approximate surface area is 184 Å². The molecule has 1 heterocycles. The number of ether oxygens (including phenoxy) is 2. The first-order valence-electron chi connectivity index (χ1n) is 11.0. The van der Waals surface area contributed by atoms with E-state index in [0.29, 0.717) is 25.7 Å². The van der Waals surface area contributed by atoms with Gasteiger partial charge in [0, 0.05) is 25.1 Å². The Morgan fingerprint density at radius 2 is 1.81 bits per heavy atom. The van der Waals surface area contributed by atoms with E-state index in [0.717, 1.165) is 55.9 Å². The van der Waals surface area contributed by atoms with Crippen LogP contribution in [-0.2, 0) is 17.8 Å². The number of hydrogen-bond donors (Lipinski definition) is 1. The SMILES string of the molecule is COCC=[N+](Cc1ccccc1OCCO)CC1CCN(Cc2ccccc2F)CC1. The summed E-state index contributed by atoms with van der Waals surface area (Å²) in [6, 6.07) is 15.0. The van der Waals surface area contributed by atoms with Gasteiger partial charge in [-0.25, -0.2) is 8.97 Å². The molecule has 2 aromatic carbocycles. The molecule has 0 unspecified atom stereocenters. The molecule has 0 aromatic heterocycles. The van der Waals surface area contributed by atoms with Gasteiger partial charge in [-0.3, -0.25) is 4.90 Å². The summed E-state index contributed by atoms with van der Waals surface area (Å²) in [4.78, 5) is 2.34. The number of methoxy groups -OCH3 is 1. The van der Waals surface area contributed by atoms with E-state index in [1.807, 2.05) is 30.3 Å². The molecule has 0 aliphatic carbocycles. The van der Waals surface area contributed by atoms with Crippen LogP contribution < -0.4 is 4.74 Å². The largest absolute Gasteiger partial charge is 0.491 e. The molecule has 0 radical (unpaired) electrons. The number of nitrogens with zero attached hydrogens (tertiary/aromatic N) is 2. The van der Waals surface area contributed by atoms with Crippen molar-refractivity contribution in [2.45, 2.75) is 25.9 Å². The van der Waals surface area contributed by atoms with Gasteiger partial charge >= 0.3 is 0 Å². The standard InChI is InChI=1S/C25H34FN2O3/c1-30-16-14-28(20-23-7-3-5-9-25(23)31-17-15-29)18-21-10-12-27(13-11-21)19-22-6-2-4-8-24(22)26/h2-9,14,21,29H,10-13,15-20H2,1H3/q+1. The first-order chi connectivity index (χ1) is 15.2. The number of halogens is 1. The lowest BCUT2D eigenvalue weighted by Gasteiger charge is -2.31. The van der Waals surface area contributed by atoms with Crippen molar-refractivity contribution in [2.24, 2.45) is 5.92 Å². The second-order valence-corrected chi connectivity index (χ2v) is 8.06. The van der Waals surface area contributed by atoms with Gasteiger partial charge in [0.25, 0.3) is 0 Å². The number of para-hydroxylation sites is 1. The van der Waals surface area contributed by atoms with Crippen molar-refractivity contribution in [3.8, 4) is 5.75 Å². The van der Waals surface area contributed by atoms with E-state index in [1.54, 1.807) is 13.2 Å². The van der Waals surface area contributed by atoms with Gasteiger partial charge in [0.15, 0.2) is 12.8 Å². The Balaban J connectivity index is 1.57. The molecule has 0 atom stereocenters. The molecular weight excluding hydrogens is 395 g/mol. The maximum atomic E-state index is 14.0. The molecular formula is C25H34FN2O3+. The molecule has 0 amide bonds. The first-order valence-corrected chi connectivity index (χ1v) is 11.0. The van der Waals surface area contributed by atoms with Crippen LogP contribution in [0.15, 0.2) is 48.5 Å². The van der Waals surface area contributed by atoms with Crippen molar-refractivity contribution in [1.82, 2.24) is 4.90 Å². The Bertz CT molecular complexity index is 835. The molecule has 31 heavy (non-hydrogen) atoms. The van der Waals surface area contributed by atoms with Gasteiger partial charge in [0.05, 0.1) is 12.2 Å². The van der Waals surface area contributed by atoms with Gasteiger partial charge in [0.2, 0.25) is 0 Å². The molecule has 0 saturated carbocycles. The normalized spacial score (nSPS) is 15.9. The molecule has 1 aliphatic heterocycles. The molecule has 0 bridgehead atoms. The number of hydrogen-bond acceptors (Lipinski definition) is 4. The van der Waals surface area contributed by atoms with E-state index in [2.05, 4.69) is 21.8 Å². The van der Waals surface area contributed by atoms with Crippen molar-refractivity contribution >= 4 is 6.21 Å². The molecule has 3 rings (SSSR count). The summed E-state index contributed by atoms with van der Waals surface area (Å²) >= 11 is 0. The van der Waals surface area contributed by atoms with Crippen LogP contribution in [0.5, 0.6) is 5.75 Å². The van der Waals surface area contributed by atoms with Gasteiger partial charge in [-0.15, -0.1) is 0 Å². The Morgan fingerprint density at radius 3 is 2.52 bits per heavy atom. The van der Waals surface area contributed by atoms with Crippen LogP contribution in [0.1, 0.15) is 24.0 Å². The second kappa shape index (κ2) is 12.5. The van der Waals surface area contributed by atoms with Crippen molar-refractivity contribution < 1.29 is 23.5 Å². The van der Waals surface area contributed by atoms with Crippen molar-refractivity contribution in [3.05, 3.63) is 65.5 Å². The summed E-state index contributed by atoms with van der Waals surface area (Å²) in [5.41, 5.74) is 1.87. The molecule has 6 heteroatoms. The van der Waals surface area contributed by atoms with Crippen LogP contribution in [0.3, 0.4) is 0 Å². The molecule has 1 aliphatic rings. The zero-order valence-electron chi connectivity index (χ0n) is 18.4. The molecule has 168 valence electrons. The molecule has 1 N–H and O–H groups in total. The lowest BCUT2D eigenvalue weighted by molar-refractivity contribution is -0.548. The average Bonchev–Trinajstić information content (AvgIpc) is 2.79. The fourth-order valence-corrected chi connectivity index (χ4v) is 4.06. The lowest BCUT2D eigenvalue weighted by atomic mass is 9.96. The van der Waals surface area contributed by atoms with E-state index in [4.69, 9.17) is 14.6 Å². The predicted octanol–water partition coefficient (Wildman–Crippen LogP) is 3.34. The monoisotopic (exact) mass is 429 g/mol. The van der Waals surface area contributed by atoms with Crippen molar-refractivity contribution in [3.63, 3.8) is 0 Å². The smallest absolute Gasteiger partial charge is 0.171 e. The van der Waals surface area contributed by atoms with E-state index >= 15 is 0 Å². The number of likely N-dealkylation sites (tertiary alicyclic amines) is 1. The first kappa shape index (κ1) is 23.4. The molecule has 1 saturated heterocycles. The zero-order valence-corrected chi connectivity index (χ0v) is 18.4. The van der Waals surface area contributed by atoms with Crippen LogP contribution in [0, 0.1) is 11.7 Å². The molecule has 2 aromatic rings. The third kappa shape index (κ3) is 7.42. The maximum Gasteiger partial charge on any atom is 0.171 e. The summed E-state index contributed by atoms with van der Waals surface area (Å²) in [7, 11) is 1.70. The number of aliphatic hydroxyl groups excluding tert-OH is 1. The predicted molar refractivity (Wildman–Crippen MR) is 120 cm³/mol. The van der Waals surface area contributed by atoms with E-state index in [9.17, 15) is 4.39 Å². The van der Waals surface area contributed by atoms with Gasteiger partial charge in [-0.05, 0) is 44.1 Å². The van der Waals surface area contributed by atoms with Crippen LogP contribution in [-0.4, -0.2) is 67.4 Å². The minimum absolute atomic E-state index is 0.000691. The van der Waals surface area contributed by atoms with Crippen molar-refractivity contribution in [1.29, 1.82) is 0 Å².